The molecule has 0 heterocycles. The van der Waals surface area contributed by atoms with E-state index in [-0.39, 0.29) is 24.0 Å². The van der Waals surface area contributed by atoms with Crippen molar-refractivity contribution in [3.05, 3.63) is 29.8 Å². The van der Waals surface area contributed by atoms with Gasteiger partial charge < -0.3 is 15.0 Å². The zero-order chi connectivity index (χ0) is 14.1. The number of hydrogen-bond acceptors (Lipinski definition) is 2. The Kier molecular flexibility index (Phi) is 10.2. The predicted molar refractivity (Wildman–Crippen MR) is 96.1 cm³/mol. The molecule has 114 valence electrons. The van der Waals surface area contributed by atoms with Crippen molar-refractivity contribution in [2.45, 2.75) is 26.8 Å². The average molecular weight is 391 g/mol. The molecule has 1 aromatic carbocycles. The van der Waals surface area contributed by atoms with E-state index in [4.69, 9.17) is 4.74 Å². The van der Waals surface area contributed by atoms with Gasteiger partial charge in [-0.25, -0.2) is 0 Å². The van der Waals surface area contributed by atoms with Crippen molar-refractivity contribution in [2.24, 2.45) is 4.99 Å². The minimum atomic E-state index is 0. The highest BCUT2D eigenvalue weighted by Gasteiger charge is 2.05. The highest BCUT2D eigenvalue weighted by atomic mass is 127. The molecule has 4 nitrogen and oxygen atoms in total. The molecule has 0 bridgehead atoms. The second-order valence-corrected chi connectivity index (χ2v) is 4.41. The average Bonchev–Trinajstić information content (AvgIpc) is 2.42. The van der Waals surface area contributed by atoms with Crippen molar-refractivity contribution >= 4 is 29.9 Å². The number of aliphatic imine (C=N–C) groups is 1. The van der Waals surface area contributed by atoms with Gasteiger partial charge in [-0.05, 0) is 31.0 Å². The molecule has 0 fully saturated rings. The zero-order valence-corrected chi connectivity index (χ0v) is 15.2. The van der Waals surface area contributed by atoms with Crippen molar-refractivity contribution < 1.29 is 4.74 Å². The third-order valence-electron chi connectivity index (χ3n) is 2.76. The summed E-state index contributed by atoms with van der Waals surface area (Å²) >= 11 is 0. The van der Waals surface area contributed by atoms with Gasteiger partial charge in [-0.1, -0.05) is 19.1 Å². The third-order valence-corrected chi connectivity index (χ3v) is 2.76. The number of nitrogens with zero attached hydrogens (tertiary/aromatic N) is 2. The van der Waals surface area contributed by atoms with Crippen LogP contribution in [0, 0.1) is 0 Å². The fraction of sp³-hybridized carbons (Fsp3) is 0.533. The minimum Gasteiger partial charge on any atom is -0.494 e. The van der Waals surface area contributed by atoms with Crippen molar-refractivity contribution in [1.29, 1.82) is 0 Å². The van der Waals surface area contributed by atoms with Gasteiger partial charge in [0.1, 0.15) is 5.75 Å². The highest BCUT2D eigenvalue weighted by Crippen LogP contribution is 2.13. The van der Waals surface area contributed by atoms with Crippen LogP contribution in [0.15, 0.2) is 29.3 Å². The summed E-state index contributed by atoms with van der Waals surface area (Å²) in [6.07, 6.45) is 1.09. The summed E-state index contributed by atoms with van der Waals surface area (Å²) in [5.41, 5.74) is 1.24. The summed E-state index contributed by atoms with van der Waals surface area (Å²) in [5, 5.41) is 3.32. The van der Waals surface area contributed by atoms with Crippen LogP contribution in [0.2, 0.25) is 0 Å². The molecule has 20 heavy (non-hydrogen) atoms. The lowest BCUT2D eigenvalue weighted by Crippen LogP contribution is -2.38. The number of nitrogens with one attached hydrogen (secondary N) is 1. The molecule has 0 aromatic heterocycles. The second kappa shape index (κ2) is 10.8. The lowest BCUT2D eigenvalue weighted by atomic mass is 10.2. The Morgan fingerprint density at radius 2 is 1.90 bits per heavy atom. The molecule has 0 aliphatic carbocycles. The number of rotatable bonds is 6. The van der Waals surface area contributed by atoms with Gasteiger partial charge in [0.25, 0.3) is 0 Å². The topological polar surface area (TPSA) is 36.9 Å². The normalized spacial score (nSPS) is 10.7. The summed E-state index contributed by atoms with van der Waals surface area (Å²) < 4.78 is 5.44. The van der Waals surface area contributed by atoms with E-state index in [0.717, 1.165) is 31.2 Å². The summed E-state index contributed by atoms with van der Waals surface area (Å²) in [4.78, 5) is 6.39. The van der Waals surface area contributed by atoms with Crippen molar-refractivity contribution in [3.63, 3.8) is 0 Å². The van der Waals surface area contributed by atoms with Crippen LogP contribution in [-0.4, -0.2) is 38.1 Å². The van der Waals surface area contributed by atoms with Gasteiger partial charge in [0.2, 0.25) is 0 Å². The Balaban J connectivity index is 0.00000361. The van der Waals surface area contributed by atoms with Crippen LogP contribution < -0.4 is 10.1 Å². The van der Waals surface area contributed by atoms with Gasteiger partial charge in [-0.2, -0.15) is 0 Å². The first-order valence-corrected chi connectivity index (χ1v) is 6.84. The van der Waals surface area contributed by atoms with Crippen LogP contribution in [-0.2, 0) is 6.54 Å². The standard InChI is InChI=1S/C15H25N3O.HI/c1-5-11-17-15(16-3)18(4)12-13-7-9-14(10-8-13)19-6-2;/h7-10H,5-6,11-12H2,1-4H3,(H,16,17);1H. The lowest BCUT2D eigenvalue weighted by molar-refractivity contribution is 0.340. The molecule has 0 amide bonds. The summed E-state index contributed by atoms with van der Waals surface area (Å²) in [6, 6.07) is 8.20. The summed E-state index contributed by atoms with van der Waals surface area (Å²) in [5.74, 6) is 1.85. The van der Waals surface area contributed by atoms with E-state index < -0.39 is 0 Å². The Bertz CT molecular complexity index is 393. The Hall–Kier alpha value is -0.980. The maximum atomic E-state index is 5.44. The maximum Gasteiger partial charge on any atom is 0.193 e. The molecule has 0 aliphatic heterocycles. The van der Waals surface area contributed by atoms with Gasteiger partial charge >= 0.3 is 0 Å². The first kappa shape index (κ1) is 19.0. The number of benzene rings is 1. The maximum absolute atomic E-state index is 5.44. The highest BCUT2D eigenvalue weighted by molar-refractivity contribution is 14.0. The monoisotopic (exact) mass is 391 g/mol. The Morgan fingerprint density at radius 1 is 1.25 bits per heavy atom. The molecule has 0 aliphatic rings. The van der Waals surface area contributed by atoms with E-state index in [1.165, 1.54) is 5.56 Å². The summed E-state index contributed by atoms with van der Waals surface area (Å²) in [6.45, 7) is 6.61. The van der Waals surface area contributed by atoms with Crippen molar-refractivity contribution in [2.75, 3.05) is 27.2 Å². The molecule has 0 unspecified atom stereocenters. The SMILES string of the molecule is CCCNC(=NC)N(C)Cc1ccc(OCC)cc1.I. The van der Waals surface area contributed by atoms with Crippen molar-refractivity contribution in [3.8, 4) is 5.75 Å². The molecule has 5 heteroatoms. The van der Waals surface area contributed by atoms with E-state index in [9.17, 15) is 0 Å². The predicted octanol–water partition coefficient (Wildman–Crippen LogP) is 3.12. The molecular weight excluding hydrogens is 365 g/mol. The smallest absolute Gasteiger partial charge is 0.193 e. The van der Waals surface area contributed by atoms with Crippen LogP contribution in [0.25, 0.3) is 0 Å². The fourth-order valence-electron chi connectivity index (χ4n) is 1.83. The zero-order valence-electron chi connectivity index (χ0n) is 12.8. The van der Waals surface area contributed by atoms with Gasteiger partial charge in [-0.15, -0.1) is 24.0 Å². The van der Waals surface area contributed by atoms with Crippen molar-refractivity contribution in [1.82, 2.24) is 10.2 Å². The third kappa shape index (κ3) is 6.45. The Labute approximate surface area is 139 Å². The van der Waals surface area contributed by atoms with Crippen LogP contribution in [0.1, 0.15) is 25.8 Å². The fourth-order valence-corrected chi connectivity index (χ4v) is 1.83. The molecule has 0 saturated heterocycles. The van der Waals surface area contributed by atoms with E-state index in [1.54, 1.807) is 0 Å². The molecular formula is C15H26IN3O. The van der Waals surface area contributed by atoms with Gasteiger partial charge in [0.05, 0.1) is 6.61 Å². The second-order valence-electron chi connectivity index (χ2n) is 4.41. The van der Waals surface area contributed by atoms with E-state index in [1.807, 2.05) is 33.2 Å². The first-order chi connectivity index (χ1) is 9.21. The summed E-state index contributed by atoms with van der Waals surface area (Å²) in [7, 11) is 3.86. The number of ether oxygens (including phenoxy) is 1. The largest absolute Gasteiger partial charge is 0.494 e. The molecule has 1 N–H and O–H groups in total. The minimum absolute atomic E-state index is 0. The lowest BCUT2D eigenvalue weighted by Gasteiger charge is -2.22. The number of halogens is 1. The molecule has 0 spiro atoms. The van der Waals surface area contributed by atoms with Crippen LogP contribution in [0.5, 0.6) is 5.75 Å². The van der Waals surface area contributed by atoms with Crippen LogP contribution in [0.4, 0.5) is 0 Å². The number of guanidine groups is 1. The van der Waals surface area contributed by atoms with Gasteiger partial charge in [-0.3, -0.25) is 4.99 Å². The molecule has 0 saturated carbocycles. The van der Waals surface area contributed by atoms with Gasteiger partial charge in [0.15, 0.2) is 5.96 Å². The van der Waals surface area contributed by atoms with Gasteiger partial charge in [0, 0.05) is 27.2 Å². The first-order valence-electron chi connectivity index (χ1n) is 6.84. The van der Waals surface area contributed by atoms with E-state index in [2.05, 4.69) is 34.3 Å². The molecule has 0 atom stereocenters. The van der Waals surface area contributed by atoms with Crippen LogP contribution in [0.3, 0.4) is 0 Å². The van der Waals surface area contributed by atoms with Crippen LogP contribution >= 0.6 is 24.0 Å². The van der Waals surface area contributed by atoms with E-state index >= 15 is 0 Å². The molecule has 1 rings (SSSR count). The van der Waals surface area contributed by atoms with E-state index in [0.29, 0.717) is 6.61 Å². The molecule has 1 aromatic rings. The molecule has 0 radical (unpaired) electrons. The number of hydrogen-bond donors (Lipinski definition) is 1. The quantitative estimate of drug-likeness (QED) is 0.460. The Morgan fingerprint density at radius 3 is 2.40 bits per heavy atom.